The number of nitrogens with one attached hydrogen (secondary N) is 1. The number of hydrogen-bond donors (Lipinski definition) is 1. The molecule has 1 amide bonds. The molecule has 0 atom stereocenters. The molecule has 2 rings (SSSR count). The molecular weight excluding hydrogens is 395 g/mol. The van der Waals surface area contributed by atoms with Gasteiger partial charge in [-0.05, 0) is 56.3 Å². The highest BCUT2D eigenvalue weighted by atomic mass is 35.5. The van der Waals surface area contributed by atoms with Gasteiger partial charge in [0, 0.05) is 16.3 Å². The molecule has 26 heavy (non-hydrogen) atoms. The van der Waals surface area contributed by atoms with Gasteiger partial charge in [0.15, 0.2) is 0 Å². The summed E-state index contributed by atoms with van der Waals surface area (Å²) in [6.07, 6.45) is 1.36. The van der Waals surface area contributed by atoms with Gasteiger partial charge in [-0.1, -0.05) is 34.8 Å². The minimum absolute atomic E-state index is 0.0705. The highest BCUT2D eigenvalue weighted by Gasteiger charge is 2.13. The second-order valence-electron chi connectivity index (χ2n) is 5.60. The number of benzene rings is 2. The molecular formula is C19H15Cl3N2O2. The minimum atomic E-state index is -0.582. The van der Waals surface area contributed by atoms with Crippen molar-refractivity contribution in [2.45, 2.75) is 20.0 Å². The molecule has 0 aliphatic carbocycles. The van der Waals surface area contributed by atoms with Crippen molar-refractivity contribution in [2.75, 3.05) is 5.32 Å². The fourth-order valence-electron chi connectivity index (χ4n) is 2.07. The molecule has 0 spiro atoms. The van der Waals surface area contributed by atoms with Crippen molar-refractivity contribution in [3.63, 3.8) is 0 Å². The maximum absolute atomic E-state index is 12.4. The number of hydrogen-bond acceptors (Lipinski definition) is 3. The molecule has 0 radical (unpaired) electrons. The van der Waals surface area contributed by atoms with E-state index in [1.165, 1.54) is 12.1 Å². The van der Waals surface area contributed by atoms with Crippen LogP contribution >= 0.6 is 34.8 Å². The van der Waals surface area contributed by atoms with Crippen molar-refractivity contribution in [2.24, 2.45) is 0 Å². The Bertz CT molecular complexity index is 902. The third-order valence-corrected chi connectivity index (χ3v) is 4.15. The summed E-state index contributed by atoms with van der Waals surface area (Å²) in [5, 5.41) is 13.1. The van der Waals surface area contributed by atoms with E-state index in [0.717, 1.165) is 0 Å². The Morgan fingerprint density at radius 2 is 1.88 bits per heavy atom. The molecule has 2 aromatic carbocycles. The van der Waals surface area contributed by atoms with Gasteiger partial charge in [0.25, 0.3) is 5.91 Å². The zero-order chi connectivity index (χ0) is 19.3. The quantitative estimate of drug-likeness (QED) is 0.488. The third kappa shape index (κ3) is 5.40. The molecule has 0 aliphatic rings. The van der Waals surface area contributed by atoms with E-state index in [1.54, 1.807) is 30.3 Å². The molecule has 0 saturated heterocycles. The predicted molar refractivity (Wildman–Crippen MR) is 106 cm³/mol. The lowest BCUT2D eigenvalue weighted by atomic mass is 10.1. The van der Waals surface area contributed by atoms with Crippen LogP contribution in [0.4, 0.5) is 5.69 Å². The number of carbonyl (C=O) groups is 1. The molecule has 1 N–H and O–H groups in total. The number of amides is 1. The van der Waals surface area contributed by atoms with Crippen LogP contribution in [0.1, 0.15) is 19.4 Å². The van der Waals surface area contributed by atoms with Gasteiger partial charge >= 0.3 is 0 Å². The van der Waals surface area contributed by atoms with E-state index in [2.05, 4.69) is 5.32 Å². The topological polar surface area (TPSA) is 62.1 Å². The molecule has 0 fully saturated rings. The molecule has 7 heteroatoms. The van der Waals surface area contributed by atoms with Crippen molar-refractivity contribution in [1.29, 1.82) is 5.26 Å². The van der Waals surface area contributed by atoms with Crippen LogP contribution in [-0.4, -0.2) is 12.0 Å². The van der Waals surface area contributed by atoms with Gasteiger partial charge in [-0.2, -0.15) is 5.26 Å². The number of rotatable bonds is 5. The first-order chi connectivity index (χ1) is 12.3. The summed E-state index contributed by atoms with van der Waals surface area (Å²) in [6, 6.07) is 11.5. The summed E-state index contributed by atoms with van der Waals surface area (Å²) < 4.78 is 5.70. The largest absolute Gasteiger partial charge is 0.490 e. The van der Waals surface area contributed by atoms with Crippen molar-refractivity contribution in [3.8, 4) is 11.8 Å². The highest BCUT2D eigenvalue weighted by molar-refractivity contribution is 6.42. The van der Waals surface area contributed by atoms with E-state index in [1.807, 2.05) is 19.9 Å². The van der Waals surface area contributed by atoms with Crippen LogP contribution in [0.2, 0.25) is 15.1 Å². The van der Waals surface area contributed by atoms with Gasteiger partial charge in [0.1, 0.15) is 17.4 Å². The SMILES string of the molecule is CC(C)Oc1ccc(Cl)cc1/C=C(\C#N)C(=O)Nc1ccc(Cl)c(Cl)c1. The fraction of sp³-hybridized carbons (Fsp3) is 0.158. The van der Waals surface area contributed by atoms with E-state index in [4.69, 9.17) is 39.5 Å². The predicted octanol–water partition coefficient (Wildman–Crippen LogP) is 5.98. The molecule has 0 bridgehead atoms. The fourth-order valence-corrected chi connectivity index (χ4v) is 2.55. The van der Waals surface area contributed by atoms with Gasteiger partial charge in [-0.15, -0.1) is 0 Å². The highest BCUT2D eigenvalue weighted by Crippen LogP contribution is 2.27. The summed E-state index contributed by atoms with van der Waals surface area (Å²) >= 11 is 17.8. The molecule has 0 aliphatic heterocycles. The Labute approximate surface area is 166 Å². The first-order valence-corrected chi connectivity index (χ1v) is 8.78. The molecule has 0 aromatic heterocycles. The first-order valence-electron chi connectivity index (χ1n) is 7.64. The van der Waals surface area contributed by atoms with Crippen LogP contribution in [0.15, 0.2) is 42.0 Å². The molecule has 2 aromatic rings. The molecule has 4 nitrogen and oxygen atoms in total. The van der Waals surface area contributed by atoms with Gasteiger partial charge in [0.05, 0.1) is 16.1 Å². The smallest absolute Gasteiger partial charge is 0.266 e. The van der Waals surface area contributed by atoms with E-state index in [0.29, 0.717) is 32.1 Å². The maximum Gasteiger partial charge on any atom is 0.266 e. The van der Waals surface area contributed by atoms with Crippen LogP contribution in [0, 0.1) is 11.3 Å². The Balaban J connectivity index is 2.32. The molecule has 0 heterocycles. The van der Waals surface area contributed by atoms with E-state index in [9.17, 15) is 10.1 Å². The van der Waals surface area contributed by atoms with Crippen LogP contribution in [0.5, 0.6) is 5.75 Å². The lowest BCUT2D eigenvalue weighted by Crippen LogP contribution is -2.13. The molecule has 0 unspecified atom stereocenters. The number of anilines is 1. The zero-order valence-corrected chi connectivity index (χ0v) is 16.3. The lowest BCUT2D eigenvalue weighted by molar-refractivity contribution is -0.112. The van der Waals surface area contributed by atoms with Crippen molar-refractivity contribution >= 4 is 52.5 Å². The average Bonchev–Trinajstić information content (AvgIpc) is 2.57. The lowest BCUT2D eigenvalue weighted by Gasteiger charge is -2.13. The van der Waals surface area contributed by atoms with Gasteiger partial charge in [0.2, 0.25) is 0 Å². The van der Waals surface area contributed by atoms with E-state index < -0.39 is 5.91 Å². The van der Waals surface area contributed by atoms with Gasteiger partial charge in [-0.3, -0.25) is 4.79 Å². The number of ether oxygens (including phenoxy) is 1. The summed E-state index contributed by atoms with van der Waals surface area (Å²) in [5.74, 6) is -0.0548. The second-order valence-corrected chi connectivity index (χ2v) is 6.85. The maximum atomic E-state index is 12.4. The Morgan fingerprint density at radius 1 is 1.15 bits per heavy atom. The standard InChI is InChI=1S/C19H15Cl3N2O2/c1-11(2)26-18-6-3-14(20)8-12(18)7-13(10-23)19(25)24-15-4-5-16(21)17(22)9-15/h3-9,11H,1-2H3,(H,24,25)/b13-7+. The van der Waals surface area contributed by atoms with Gasteiger partial charge < -0.3 is 10.1 Å². The van der Waals surface area contributed by atoms with Crippen LogP contribution < -0.4 is 10.1 Å². The van der Waals surface area contributed by atoms with Crippen molar-refractivity contribution in [3.05, 3.63) is 62.6 Å². The van der Waals surface area contributed by atoms with E-state index in [-0.39, 0.29) is 11.7 Å². The van der Waals surface area contributed by atoms with Crippen LogP contribution in [-0.2, 0) is 4.79 Å². The Morgan fingerprint density at radius 3 is 2.50 bits per heavy atom. The summed E-state index contributed by atoms with van der Waals surface area (Å²) in [6.45, 7) is 3.76. The molecule has 0 saturated carbocycles. The molecule has 134 valence electrons. The second kappa shape index (κ2) is 8.95. The summed E-state index contributed by atoms with van der Waals surface area (Å²) in [7, 11) is 0. The van der Waals surface area contributed by atoms with E-state index >= 15 is 0 Å². The van der Waals surface area contributed by atoms with Crippen LogP contribution in [0.25, 0.3) is 6.08 Å². The number of carbonyl (C=O) groups excluding carboxylic acids is 1. The third-order valence-electron chi connectivity index (χ3n) is 3.18. The Kier molecular flexibility index (Phi) is 6.93. The first kappa shape index (κ1) is 20.1. The zero-order valence-electron chi connectivity index (χ0n) is 14.0. The summed E-state index contributed by atoms with van der Waals surface area (Å²) in [4.78, 5) is 12.4. The average molecular weight is 410 g/mol. The van der Waals surface area contributed by atoms with Gasteiger partial charge in [-0.25, -0.2) is 0 Å². The minimum Gasteiger partial charge on any atom is -0.490 e. The number of nitriles is 1. The number of nitrogens with zero attached hydrogens (tertiary/aromatic N) is 1. The normalized spacial score (nSPS) is 11.2. The van der Waals surface area contributed by atoms with Crippen molar-refractivity contribution in [1.82, 2.24) is 0 Å². The summed E-state index contributed by atoms with van der Waals surface area (Å²) in [5.41, 5.74) is 0.856. The van der Waals surface area contributed by atoms with Crippen molar-refractivity contribution < 1.29 is 9.53 Å². The monoisotopic (exact) mass is 408 g/mol. The van der Waals surface area contributed by atoms with Crippen LogP contribution in [0.3, 0.4) is 0 Å². The Hall–Kier alpha value is -2.19. The number of halogens is 3.